The van der Waals surface area contributed by atoms with E-state index in [1.54, 1.807) is 18.2 Å². The molecule has 108 valence electrons. The summed E-state index contributed by atoms with van der Waals surface area (Å²) in [4.78, 5) is 14.4. The number of benzene rings is 2. The number of nitrogens with two attached hydrogens (primary N) is 1. The van der Waals surface area contributed by atoms with Crippen LogP contribution in [-0.2, 0) is 0 Å². The highest BCUT2D eigenvalue weighted by Gasteiger charge is 2.28. The predicted molar refractivity (Wildman–Crippen MR) is 85.6 cm³/mol. The summed E-state index contributed by atoms with van der Waals surface area (Å²) in [6, 6.07) is 15.5. The van der Waals surface area contributed by atoms with Gasteiger partial charge in [-0.3, -0.25) is 4.79 Å². The molecule has 1 fully saturated rings. The zero-order valence-corrected chi connectivity index (χ0v) is 12.4. The molecule has 0 aliphatic carbocycles. The molecule has 0 aromatic heterocycles. The van der Waals surface area contributed by atoms with Gasteiger partial charge in [-0.1, -0.05) is 48.0 Å². The Morgan fingerprint density at radius 1 is 1.14 bits per heavy atom. The van der Waals surface area contributed by atoms with Crippen LogP contribution in [0.25, 0.3) is 0 Å². The highest BCUT2D eigenvalue weighted by atomic mass is 35.5. The topological polar surface area (TPSA) is 46.3 Å². The van der Waals surface area contributed by atoms with Gasteiger partial charge in [0, 0.05) is 19.0 Å². The molecule has 1 aliphatic heterocycles. The van der Waals surface area contributed by atoms with Gasteiger partial charge in [0.05, 0.1) is 16.3 Å². The van der Waals surface area contributed by atoms with Crippen LogP contribution in [0.15, 0.2) is 48.5 Å². The Bertz CT molecular complexity index is 657. The maximum absolute atomic E-state index is 12.6. The molecule has 3 nitrogen and oxygen atoms in total. The fourth-order valence-electron chi connectivity index (χ4n) is 2.84. The lowest BCUT2D eigenvalue weighted by atomic mass is 9.99. The van der Waals surface area contributed by atoms with E-state index in [-0.39, 0.29) is 5.91 Å². The van der Waals surface area contributed by atoms with Crippen LogP contribution in [0.3, 0.4) is 0 Å². The lowest BCUT2D eigenvalue weighted by molar-refractivity contribution is 0.0792. The van der Waals surface area contributed by atoms with Crippen molar-refractivity contribution in [2.75, 3.05) is 18.8 Å². The molecule has 1 aliphatic rings. The lowest BCUT2D eigenvalue weighted by Gasteiger charge is -2.18. The Morgan fingerprint density at radius 2 is 1.90 bits per heavy atom. The Hall–Kier alpha value is -2.00. The van der Waals surface area contributed by atoms with Gasteiger partial charge in [-0.15, -0.1) is 0 Å². The van der Waals surface area contributed by atoms with Crippen molar-refractivity contribution < 1.29 is 4.79 Å². The summed E-state index contributed by atoms with van der Waals surface area (Å²) >= 11 is 5.99. The van der Waals surface area contributed by atoms with Crippen LogP contribution in [0.4, 0.5) is 5.69 Å². The average Bonchev–Trinajstić information content (AvgIpc) is 3.00. The zero-order valence-electron chi connectivity index (χ0n) is 11.6. The Morgan fingerprint density at radius 3 is 2.67 bits per heavy atom. The Labute approximate surface area is 129 Å². The third-order valence-electron chi connectivity index (χ3n) is 4.03. The molecular formula is C17H17ClN2O. The summed E-state index contributed by atoms with van der Waals surface area (Å²) in [6.45, 7) is 1.49. The third kappa shape index (κ3) is 2.74. The number of nitrogen functional groups attached to an aromatic ring is 1. The number of likely N-dealkylation sites (tertiary alicyclic amines) is 1. The molecule has 2 N–H and O–H groups in total. The summed E-state index contributed by atoms with van der Waals surface area (Å²) in [5, 5.41) is 0.430. The van der Waals surface area contributed by atoms with Crippen LogP contribution in [0.1, 0.15) is 28.3 Å². The minimum absolute atomic E-state index is 0.0339. The van der Waals surface area contributed by atoms with Crippen LogP contribution in [0.5, 0.6) is 0 Å². The van der Waals surface area contributed by atoms with E-state index in [4.69, 9.17) is 17.3 Å². The average molecular weight is 301 g/mol. The fraction of sp³-hybridized carbons (Fsp3) is 0.235. The molecule has 1 unspecified atom stereocenters. The van der Waals surface area contributed by atoms with Crippen molar-refractivity contribution in [1.29, 1.82) is 0 Å². The maximum atomic E-state index is 12.6. The van der Waals surface area contributed by atoms with Crippen molar-refractivity contribution in [3.63, 3.8) is 0 Å². The summed E-state index contributed by atoms with van der Waals surface area (Å²) in [5.41, 5.74) is 8.07. The molecule has 0 bridgehead atoms. The zero-order chi connectivity index (χ0) is 14.8. The van der Waals surface area contributed by atoms with Gasteiger partial charge in [-0.05, 0) is 24.1 Å². The Balaban J connectivity index is 1.77. The van der Waals surface area contributed by atoms with E-state index < -0.39 is 0 Å². The van der Waals surface area contributed by atoms with Crippen LogP contribution >= 0.6 is 11.6 Å². The van der Waals surface area contributed by atoms with E-state index in [0.717, 1.165) is 19.5 Å². The van der Waals surface area contributed by atoms with E-state index in [1.807, 2.05) is 23.1 Å². The number of carbonyl (C=O) groups is 1. The molecule has 1 saturated heterocycles. The summed E-state index contributed by atoms with van der Waals surface area (Å²) in [5.74, 6) is 0.365. The van der Waals surface area contributed by atoms with Gasteiger partial charge in [0.25, 0.3) is 5.91 Å². The second-order valence-electron chi connectivity index (χ2n) is 5.35. The van der Waals surface area contributed by atoms with E-state index in [0.29, 0.717) is 22.2 Å². The number of anilines is 1. The monoisotopic (exact) mass is 300 g/mol. The van der Waals surface area contributed by atoms with Crippen molar-refractivity contribution in [3.8, 4) is 0 Å². The van der Waals surface area contributed by atoms with Gasteiger partial charge in [-0.2, -0.15) is 0 Å². The molecule has 1 amide bonds. The van der Waals surface area contributed by atoms with Gasteiger partial charge >= 0.3 is 0 Å². The van der Waals surface area contributed by atoms with E-state index >= 15 is 0 Å². The van der Waals surface area contributed by atoms with E-state index in [1.165, 1.54) is 5.56 Å². The fourth-order valence-corrected chi connectivity index (χ4v) is 3.01. The van der Waals surface area contributed by atoms with Crippen molar-refractivity contribution in [3.05, 3.63) is 64.7 Å². The summed E-state index contributed by atoms with van der Waals surface area (Å²) in [7, 11) is 0. The first-order chi connectivity index (χ1) is 10.2. The number of rotatable bonds is 2. The molecule has 0 spiro atoms. The van der Waals surface area contributed by atoms with Crippen LogP contribution < -0.4 is 5.73 Å². The van der Waals surface area contributed by atoms with Gasteiger partial charge in [0.15, 0.2) is 0 Å². The van der Waals surface area contributed by atoms with Crippen molar-refractivity contribution in [1.82, 2.24) is 4.90 Å². The lowest BCUT2D eigenvalue weighted by Crippen LogP contribution is -2.29. The molecule has 1 atom stereocenters. The number of hydrogen-bond donors (Lipinski definition) is 1. The minimum Gasteiger partial charge on any atom is -0.397 e. The first-order valence-corrected chi connectivity index (χ1v) is 7.43. The van der Waals surface area contributed by atoms with Crippen LogP contribution in [0.2, 0.25) is 5.02 Å². The predicted octanol–water partition coefficient (Wildman–Crippen LogP) is 3.55. The molecule has 1 heterocycles. The second-order valence-corrected chi connectivity index (χ2v) is 5.76. The Kier molecular flexibility index (Phi) is 3.84. The number of halogens is 1. The summed E-state index contributed by atoms with van der Waals surface area (Å²) in [6.07, 6.45) is 0.982. The standard InChI is InChI=1S/C17H17ClN2O/c18-15-8-4-7-14(16(15)19)17(21)20-10-9-13(11-20)12-5-2-1-3-6-12/h1-8,13H,9-11,19H2. The van der Waals surface area contributed by atoms with Crippen molar-refractivity contribution in [2.45, 2.75) is 12.3 Å². The molecule has 4 heteroatoms. The van der Waals surface area contributed by atoms with Gasteiger partial charge < -0.3 is 10.6 Å². The highest BCUT2D eigenvalue weighted by molar-refractivity contribution is 6.33. The summed E-state index contributed by atoms with van der Waals surface area (Å²) < 4.78 is 0. The maximum Gasteiger partial charge on any atom is 0.256 e. The van der Waals surface area contributed by atoms with E-state index in [2.05, 4.69) is 12.1 Å². The highest BCUT2D eigenvalue weighted by Crippen LogP contribution is 2.30. The number of hydrogen-bond acceptors (Lipinski definition) is 2. The van der Waals surface area contributed by atoms with Gasteiger partial charge in [0.2, 0.25) is 0 Å². The first-order valence-electron chi connectivity index (χ1n) is 7.05. The molecule has 21 heavy (non-hydrogen) atoms. The van der Waals surface area contributed by atoms with Crippen LogP contribution in [-0.4, -0.2) is 23.9 Å². The quantitative estimate of drug-likeness (QED) is 0.862. The minimum atomic E-state index is -0.0339. The van der Waals surface area contributed by atoms with Gasteiger partial charge in [0.1, 0.15) is 0 Å². The normalized spacial score (nSPS) is 18.0. The molecule has 3 rings (SSSR count). The first kappa shape index (κ1) is 14.0. The van der Waals surface area contributed by atoms with E-state index in [9.17, 15) is 4.79 Å². The molecular weight excluding hydrogens is 284 g/mol. The number of amides is 1. The van der Waals surface area contributed by atoms with Crippen molar-refractivity contribution >= 4 is 23.2 Å². The van der Waals surface area contributed by atoms with Crippen molar-refractivity contribution in [2.24, 2.45) is 0 Å². The van der Waals surface area contributed by atoms with Crippen LogP contribution in [0, 0.1) is 0 Å². The van der Waals surface area contributed by atoms with Gasteiger partial charge in [-0.25, -0.2) is 0 Å². The molecule has 0 saturated carbocycles. The molecule has 0 radical (unpaired) electrons. The molecule has 2 aromatic carbocycles. The smallest absolute Gasteiger partial charge is 0.256 e. The second kappa shape index (κ2) is 5.78. The number of para-hydroxylation sites is 1. The molecule has 2 aromatic rings. The number of nitrogens with zero attached hydrogens (tertiary/aromatic N) is 1. The SMILES string of the molecule is Nc1c(Cl)cccc1C(=O)N1CCC(c2ccccc2)C1. The third-order valence-corrected chi connectivity index (χ3v) is 4.36. The largest absolute Gasteiger partial charge is 0.397 e. The number of carbonyl (C=O) groups excluding carboxylic acids is 1.